The Morgan fingerprint density at radius 1 is 1.12 bits per heavy atom. The molecule has 1 aliphatic rings. The van der Waals surface area contributed by atoms with Crippen LogP contribution in [0.1, 0.15) is 34.7 Å². The van der Waals surface area contributed by atoms with Crippen molar-refractivity contribution in [1.29, 1.82) is 0 Å². The quantitative estimate of drug-likeness (QED) is 0.548. The number of rotatable bonds is 7. The van der Waals surface area contributed by atoms with Gasteiger partial charge in [-0.25, -0.2) is 0 Å². The highest BCUT2D eigenvalue weighted by molar-refractivity contribution is 5.91. The molecule has 3 aromatic rings. The van der Waals surface area contributed by atoms with E-state index >= 15 is 0 Å². The number of aryl methyl sites for hydroxylation is 1. The van der Waals surface area contributed by atoms with Crippen LogP contribution in [-0.4, -0.2) is 53.0 Å². The van der Waals surface area contributed by atoms with Crippen molar-refractivity contribution in [3.8, 4) is 5.75 Å². The molecule has 2 amide bonds. The third-order valence-electron chi connectivity index (χ3n) is 5.95. The van der Waals surface area contributed by atoms with Crippen LogP contribution < -0.4 is 4.74 Å². The topological polar surface area (TPSA) is 75.9 Å². The summed E-state index contributed by atoms with van der Waals surface area (Å²) in [5.74, 6) is 0.668. The van der Waals surface area contributed by atoms with Crippen molar-refractivity contribution >= 4 is 11.8 Å². The summed E-state index contributed by atoms with van der Waals surface area (Å²) in [7, 11) is 1.81. The van der Waals surface area contributed by atoms with E-state index in [0.717, 1.165) is 11.3 Å². The maximum atomic E-state index is 13.1. The van der Waals surface area contributed by atoms with Crippen molar-refractivity contribution in [2.24, 2.45) is 5.92 Å². The molecule has 1 aromatic heterocycles. The number of nitrogens with zero attached hydrogens (tertiary/aromatic N) is 3. The second kappa shape index (κ2) is 10.3. The lowest BCUT2D eigenvalue weighted by atomic mass is 9.90. The lowest BCUT2D eigenvalue weighted by molar-refractivity contribution is -0.133. The van der Waals surface area contributed by atoms with Crippen LogP contribution in [0.3, 0.4) is 0 Å². The summed E-state index contributed by atoms with van der Waals surface area (Å²) in [6, 6.07) is 21.2. The monoisotopic (exact) mass is 447 g/mol. The summed E-state index contributed by atoms with van der Waals surface area (Å²) in [6.07, 6.45) is 0.760. The molecule has 4 rings (SSSR count). The molecule has 7 nitrogen and oxygen atoms in total. The fraction of sp³-hybridized carbons (Fsp3) is 0.346. The molecule has 2 atom stereocenters. The van der Waals surface area contributed by atoms with Gasteiger partial charge in [-0.05, 0) is 24.6 Å². The summed E-state index contributed by atoms with van der Waals surface area (Å²) >= 11 is 0. The van der Waals surface area contributed by atoms with Crippen LogP contribution in [0, 0.1) is 12.8 Å². The summed E-state index contributed by atoms with van der Waals surface area (Å²) in [6.45, 7) is 3.27. The zero-order valence-corrected chi connectivity index (χ0v) is 19.0. The molecule has 7 heteroatoms. The average molecular weight is 448 g/mol. The van der Waals surface area contributed by atoms with Gasteiger partial charge in [0.2, 0.25) is 11.7 Å². The van der Waals surface area contributed by atoms with Crippen LogP contribution in [0.5, 0.6) is 5.75 Å². The van der Waals surface area contributed by atoms with Gasteiger partial charge in [0.05, 0.1) is 5.69 Å². The second-order valence-electron chi connectivity index (χ2n) is 8.54. The fourth-order valence-electron chi connectivity index (χ4n) is 4.17. The predicted octanol–water partition coefficient (Wildman–Crippen LogP) is 3.94. The number of aromatic nitrogens is 1. The molecule has 1 aliphatic heterocycles. The number of carbonyl (C=O) groups excluding carboxylic acids is 2. The van der Waals surface area contributed by atoms with E-state index in [1.807, 2.05) is 67.7 Å². The molecule has 0 bridgehead atoms. The Morgan fingerprint density at radius 3 is 2.48 bits per heavy atom. The molecule has 1 fully saturated rings. The van der Waals surface area contributed by atoms with Gasteiger partial charge in [-0.15, -0.1) is 0 Å². The Morgan fingerprint density at radius 2 is 1.82 bits per heavy atom. The minimum Gasteiger partial charge on any atom is -0.490 e. The number of carbonyl (C=O) groups is 2. The van der Waals surface area contributed by atoms with Crippen LogP contribution in [-0.2, 0) is 11.3 Å². The number of benzene rings is 2. The zero-order valence-electron chi connectivity index (χ0n) is 19.0. The highest BCUT2D eigenvalue weighted by Gasteiger charge is 2.36. The Kier molecular flexibility index (Phi) is 7.07. The molecule has 0 saturated carbocycles. The molecular weight excluding hydrogens is 418 g/mol. The van der Waals surface area contributed by atoms with Gasteiger partial charge >= 0.3 is 0 Å². The summed E-state index contributed by atoms with van der Waals surface area (Å²) in [4.78, 5) is 29.5. The number of para-hydroxylation sites is 1. The molecular formula is C26H29N3O4. The SMILES string of the molecule is Cc1cc(C(=O)N2CC[C@H](Oc3ccccc3)[C@@H](CC(=O)N(C)Cc3ccccc3)C2)on1. The minimum absolute atomic E-state index is 0.0234. The van der Waals surface area contributed by atoms with Gasteiger partial charge in [-0.2, -0.15) is 0 Å². The van der Waals surface area contributed by atoms with Crippen LogP contribution in [0.25, 0.3) is 0 Å². The van der Waals surface area contributed by atoms with Gasteiger partial charge in [-0.1, -0.05) is 53.7 Å². The van der Waals surface area contributed by atoms with Gasteiger partial charge in [0.1, 0.15) is 11.9 Å². The summed E-state index contributed by atoms with van der Waals surface area (Å²) < 4.78 is 11.4. The molecule has 2 heterocycles. The molecule has 0 spiro atoms. The summed E-state index contributed by atoms with van der Waals surface area (Å²) in [5.41, 5.74) is 1.74. The van der Waals surface area contributed by atoms with Crippen LogP contribution in [0.15, 0.2) is 71.3 Å². The number of amides is 2. The lowest BCUT2D eigenvalue weighted by Crippen LogP contribution is -2.49. The van der Waals surface area contributed by atoms with Gasteiger partial charge in [-0.3, -0.25) is 9.59 Å². The van der Waals surface area contributed by atoms with E-state index in [4.69, 9.17) is 9.26 Å². The third kappa shape index (κ3) is 5.80. The molecule has 0 N–H and O–H groups in total. The predicted molar refractivity (Wildman–Crippen MR) is 124 cm³/mol. The maximum Gasteiger partial charge on any atom is 0.292 e. The molecule has 1 saturated heterocycles. The van der Waals surface area contributed by atoms with E-state index in [1.54, 1.807) is 22.8 Å². The summed E-state index contributed by atoms with van der Waals surface area (Å²) in [5, 5.41) is 3.83. The van der Waals surface area contributed by atoms with Gasteiger partial charge in [0, 0.05) is 51.5 Å². The molecule has 0 unspecified atom stereocenters. The Bertz CT molecular complexity index is 1070. The van der Waals surface area contributed by atoms with E-state index in [1.165, 1.54) is 0 Å². The van der Waals surface area contributed by atoms with Crippen molar-refractivity contribution in [2.75, 3.05) is 20.1 Å². The molecule has 2 aromatic carbocycles. The fourth-order valence-corrected chi connectivity index (χ4v) is 4.17. The number of ether oxygens (including phenoxy) is 1. The van der Waals surface area contributed by atoms with Crippen molar-refractivity contribution in [3.63, 3.8) is 0 Å². The molecule has 172 valence electrons. The number of likely N-dealkylation sites (tertiary alicyclic amines) is 1. The van der Waals surface area contributed by atoms with Crippen molar-refractivity contribution in [2.45, 2.75) is 32.4 Å². The van der Waals surface area contributed by atoms with Crippen LogP contribution in [0.2, 0.25) is 0 Å². The van der Waals surface area contributed by atoms with Crippen molar-refractivity contribution in [3.05, 3.63) is 83.7 Å². The van der Waals surface area contributed by atoms with Gasteiger partial charge < -0.3 is 19.1 Å². The maximum absolute atomic E-state index is 13.1. The first-order valence-corrected chi connectivity index (χ1v) is 11.2. The van der Waals surface area contributed by atoms with E-state index in [9.17, 15) is 9.59 Å². The van der Waals surface area contributed by atoms with E-state index in [0.29, 0.717) is 38.2 Å². The van der Waals surface area contributed by atoms with Crippen LogP contribution >= 0.6 is 0 Å². The van der Waals surface area contributed by atoms with Crippen LogP contribution in [0.4, 0.5) is 0 Å². The van der Waals surface area contributed by atoms with Crippen molar-refractivity contribution in [1.82, 2.24) is 15.0 Å². The van der Waals surface area contributed by atoms with E-state index in [-0.39, 0.29) is 29.6 Å². The normalized spacial score (nSPS) is 18.1. The Hall–Kier alpha value is -3.61. The number of hydrogen-bond acceptors (Lipinski definition) is 5. The number of piperidine rings is 1. The highest BCUT2D eigenvalue weighted by Crippen LogP contribution is 2.27. The third-order valence-corrected chi connectivity index (χ3v) is 5.95. The smallest absolute Gasteiger partial charge is 0.292 e. The van der Waals surface area contributed by atoms with Gasteiger partial charge in [0.25, 0.3) is 5.91 Å². The standard InChI is InChI=1S/C26H29N3O4/c1-19-15-24(33-27-19)26(31)29-14-13-23(32-22-11-7-4-8-12-22)21(18-29)16-25(30)28(2)17-20-9-5-3-6-10-20/h3-12,15,21,23H,13-14,16-18H2,1-2H3/t21-,23-/m0/s1. The molecule has 0 aliphatic carbocycles. The second-order valence-corrected chi connectivity index (χ2v) is 8.54. The minimum atomic E-state index is -0.205. The number of hydrogen-bond donors (Lipinski definition) is 0. The average Bonchev–Trinajstić information content (AvgIpc) is 3.27. The zero-order chi connectivity index (χ0) is 23.2. The largest absolute Gasteiger partial charge is 0.490 e. The molecule has 0 radical (unpaired) electrons. The lowest BCUT2D eigenvalue weighted by Gasteiger charge is -2.38. The Balaban J connectivity index is 1.46. The van der Waals surface area contributed by atoms with Gasteiger partial charge in [0.15, 0.2) is 0 Å². The first-order chi connectivity index (χ1) is 16.0. The first kappa shape index (κ1) is 22.6. The molecule has 33 heavy (non-hydrogen) atoms. The van der Waals surface area contributed by atoms with E-state index < -0.39 is 0 Å². The van der Waals surface area contributed by atoms with E-state index in [2.05, 4.69) is 5.16 Å². The first-order valence-electron chi connectivity index (χ1n) is 11.2. The Labute approximate surface area is 193 Å². The van der Waals surface area contributed by atoms with Crippen molar-refractivity contribution < 1.29 is 18.8 Å². The highest BCUT2D eigenvalue weighted by atomic mass is 16.5.